The summed E-state index contributed by atoms with van der Waals surface area (Å²) in [5, 5.41) is 2.64. The number of carbonyl (C=O) groups excluding carboxylic acids is 1. The number of nitrogens with zero attached hydrogens (tertiary/aromatic N) is 1. The molecule has 0 saturated carbocycles. The van der Waals surface area contributed by atoms with Gasteiger partial charge in [-0.15, -0.1) is 0 Å². The van der Waals surface area contributed by atoms with Crippen LogP contribution in [0.5, 0.6) is 5.75 Å². The summed E-state index contributed by atoms with van der Waals surface area (Å²) in [5.74, 6) is 0.915. The molecule has 0 atom stereocenters. The molecule has 2 aromatic heterocycles. The first kappa shape index (κ1) is 18.1. The fourth-order valence-corrected chi connectivity index (χ4v) is 3.02. The Labute approximate surface area is 151 Å². The highest BCUT2D eigenvalue weighted by Crippen LogP contribution is 2.27. The molecule has 3 rings (SSSR count). The summed E-state index contributed by atoms with van der Waals surface area (Å²) in [6, 6.07) is 5.19. The highest BCUT2D eigenvalue weighted by molar-refractivity contribution is 6.05. The van der Waals surface area contributed by atoms with Crippen molar-refractivity contribution >= 4 is 11.7 Å². The molecule has 0 unspecified atom stereocenters. The number of hydrogen-bond acceptors (Lipinski definition) is 6. The number of aryl methyl sites for hydroxylation is 1. The zero-order valence-electron chi connectivity index (χ0n) is 14.9. The molecule has 7 heteroatoms. The minimum absolute atomic E-state index is 0.0195. The summed E-state index contributed by atoms with van der Waals surface area (Å²) < 4.78 is 16.2. The number of carbonyl (C=O) groups is 1. The number of hydrogen-bond donors (Lipinski definition) is 1. The van der Waals surface area contributed by atoms with Gasteiger partial charge in [0, 0.05) is 25.3 Å². The SMILES string of the molecule is CCOc1cccnc1NC(=O)c1c(C)cc(C2CCOCC2)oc1=O. The predicted molar refractivity (Wildman–Crippen MR) is 95.9 cm³/mol. The van der Waals surface area contributed by atoms with Gasteiger partial charge in [-0.25, -0.2) is 9.78 Å². The van der Waals surface area contributed by atoms with Gasteiger partial charge in [0.05, 0.1) is 6.61 Å². The summed E-state index contributed by atoms with van der Waals surface area (Å²) in [7, 11) is 0. The predicted octanol–water partition coefficient (Wildman–Crippen LogP) is 2.89. The highest BCUT2D eigenvalue weighted by atomic mass is 16.5. The molecule has 0 spiro atoms. The van der Waals surface area contributed by atoms with Gasteiger partial charge in [0.2, 0.25) is 0 Å². The summed E-state index contributed by atoms with van der Waals surface area (Å²) in [4.78, 5) is 29.2. The second-order valence-corrected chi connectivity index (χ2v) is 6.12. The van der Waals surface area contributed by atoms with E-state index in [9.17, 15) is 9.59 Å². The summed E-state index contributed by atoms with van der Waals surface area (Å²) in [5.41, 5.74) is -0.0825. The maximum atomic E-state index is 12.6. The molecule has 1 amide bonds. The lowest BCUT2D eigenvalue weighted by molar-refractivity contribution is 0.0796. The van der Waals surface area contributed by atoms with Crippen LogP contribution >= 0.6 is 0 Å². The molecule has 3 heterocycles. The Balaban J connectivity index is 1.85. The van der Waals surface area contributed by atoms with E-state index >= 15 is 0 Å². The lowest BCUT2D eigenvalue weighted by Crippen LogP contribution is -2.25. The number of rotatable bonds is 5. The summed E-state index contributed by atoms with van der Waals surface area (Å²) in [6.07, 6.45) is 3.15. The first-order valence-corrected chi connectivity index (χ1v) is 8.71. The molecule has 0 aliphatic carbocycles. The molecule has 2 aromatic rings. The van der Waals surface area contributed by atoms with Crippen LogP contribution in [-0.2, 0) is 4.74 Å². The van der Waals surface area contributed by atoms with Crippen LogP contribution in [0.25, 0.3) is 0 Å². The monoisotopic (exact) mass is 358 g/mol. The largest absolute Gasteiger partial charge is 0.490 e. The molecular formula is C19H22N2O5. The number of anilines is 1. The van der Waals surface area contributed by atoms with Crippen molar-refractivity contribution in [2.45, 2.75) is 32.6 Å². The Hall–Kier alpha value is -2.67. The zero-order chi connectivity index (χ0) is 18.5. The van der Waals surface area contributed by atoms with Crippen LogP contribution in [0.1, 0.15) is 47.4 Å². The van der Waals surface area contributed by atoms with Gasteiger partial charge in [-0.3, -0.25) is 4.79 Å². The van der Waals surface area contributed by atoms with Crippen molar-refractivity contribution in [3.05, 3.63) is 51.7 Å². The van der Waals surface area contributed by atoms with E-state index in [0.29, 0.717) is 36.9 Å². The Kier molecular flexibility index (Phi) is 5.68. The van der Waals surface area contributed by atoms with Crippen LogP contribution in [0, 0.1) is 6.92 Å². The van der Waals surface area contributed by atoms with E-state index in [1.165, 1.54) is 0 Å². The minimum atomic E-state index is -0.641. The summed E-state index contributed by atoms with van der Waals surface area (Å²) >= 11 is 0. The van der Waals surface area contributed by atoms with Crippen LogP contribution < -0.4 is 15.7 Å². The number of ether oxygens (including phenoxy) is 2. The third-order valence-electron chi connectivity index (χ3n) is 4.32. The molecule has 1 fully saturated rings. The molecular weight excluding hydrogens is 336 g/mol. The maximum Gasteiger partial charge on any atom is 0.349 e. The normalized spacial score (nSPS) is 14.8. The average molecular weight is 358 g/mol. The average Bonchev–Trinajstić information content (AvgIpc) is 2.63. The van der Waals surface area contributed by atoms with E-state index in [1.54, 1.807) is 31.3 Å². The molecule has 0 bridgehead atoms. The molecule has 0 radical (unpaired) electrons. The van der Waals surface area contributed by atoms with Gasteiger partial charge in [-0.05, 0) is 50.5 Å². The number of aromatic nitrogens is 1. The van der Waals surface area contributed by atoms with E-state index < -0.39 is 11.5 Å². The second-order valence-electron chi connectivity index (χ2n) is 6.12. The van der Waals surface area contributed by atoms with Crippen molar-refractivity contribution in [3.8, 4) is 5.75 Å². The lowest BCUT2D eigenvalue weighted by Gasteiger charge is -2.21. The molecule has 138 valence electrons. The van der Waals surface area contributed by atoms with Crippen LogP contribution in [0.4, 0.5) is 5.82 Å². The maximum absolute atomic E-state index is 12.6. The lowest BCUT2D eigenvalue weighted by atomic mass is 9.95. The Morgan fingerprint density at radius 2 is 2.15 bits per heavy atom. The standard InChI is InChI=1S/C19H22N2O5/c1-3-25-14-5-4-8-20-17(14)21-18(22)16-12(2)11-15(26-19(16)23)13-6-9-24-10-7-13/h4-5,8,11,13H,3,6-7,9-10H2,1-2H3,(H,20,21,22). The minimum Gasteiger partial charge on any atom is -0.490 e. The third kappa shape index (κ3) is 3.94. The third-order valence-corrected chi connectivity index (χ3v) is 4.32. The quantitative estimate of drug-likeness (QED) is 0.884. The van der Waals surface area contributed by atoms with Gasteiger partial charge < -0.3 is 19.2 Å². The van der Waals surface area contributed by atoms with E-state index in [0.717, 1.165) is 12.8 Å². The summed E-state index contributed by atoms with van der Waals surface area (Å²) in [6.45, 7) is 5.31. The van der Waals surface area contributed by atoms with E-state index in [4.69, 9.17) is 13.9 Å². The van der Waals surface area contributed by atoms with Gasteiger partial charge in [0.25, 0.3) is 5.91 Å². The number of pyridine rings is 1. The fraction of sp³-hybridized carbons (Fsp3) is 0.421. The number of nitrogens with one attached hydrogen (secondary N) is 1. The van der Waals surface area contributed by atoms with Crippen molar-refractivity contribution in [2.24, 2.45) is 0 Å². The van der Waals surface area contributed by atoms with Gasteiger partial charge in [0.15, 0.2) is 11.6 Å². The van der Waals surface area contributed by atoms with Gasteiger partial charge >= 0.3 is 5.63 Å². The smallest absolute Gasteiger partial charge is 0.349 e. The first-order valence-electron chi connectivity index (χ1n) is 8.71. The Morgan fingerprint density at radius 3 is 2.85 bits per heavy atom. The Bertz CT molecular complexity index is 840. The van der Waals surface area contributed by atoms with Gasteiger partial charge in [0.1, 0.15) is 11.3 Å². The van der Waals surface area contributed by atoms with Gasteiger partial charge in [-0.1, -0.05) is 0 Å². The topological polar surface area (TPSA) is 90.7 Å². The van der Waals surface area contributed by atoms with E-state index in [1.807, 2.05) is 6.92 Å². The van der Waals surface area contributed by atoms with Crippen LogP contribution in [0.2, 0.25) is 0 Å². The molecule has 1 N–H and O–H groups in total. The van der Waals surface area contributed by atoms with Crippen molar-refractivity contribution in [3.63, 3.8) is 0 Å². The van der Waals surface area contributed by atoms with E-state index in [-0.39, 0.29) is 17.3 Å². The molecule has 1 aliphatic heterocycles. The van der Waals surface area contributed by atoms with Crippen molar-refractivity contribution in [1.82, 2.24) is 4.98 Å². The highest BCUT2D eigenvalue weighted by Gasteiger charge is 2.23. The Morgan fingerprint density at radius 1 is 1.38 bits per heavy atom. The molecule has 1 saturated heterocycles. The van der Waals surface area contributed by atoms with Crippen molar-refractivity contribution < 1.29 is 18.7 Å². The van der Waals surface area contributed by atoms with Crippen molar-refractivity contribution in [2.75, 3.05) is 25.1 Å². The zero-order valence-corrected chi connectivity index (χ0v) is 14.9. The molecule has 1 aliphatic rings. The van der Waals surface area contributed by atoms with Crippen LogP contribution in [-0.4, -0.2) is 30.7 Å². The second kappa shape index (κ2) is 8.14. The van der Waals surface area contributed by atoms with Crippen molar-refractivity contribution in [1.29, 1.82) is 0 Å². The fourth-order valence-electron chi connectivity index (χ4n) is 3.02. The van der Waals surface area contributed by atoms with Crippen LogP contribution in [0.15, 0.2) is 33.6 Å². The molecule has 7 nitrogen and oxygen atoms in total. The number of amides is 1. The van der Waals surface area contributed by atoms with E-state index in [2.05, 4.69) is 10.3 Å². The first-order chi connectivity index (χ1) is 12.6. The van der Waals surface area contributed by atoms with Crippen LogP contribution in [0.3, 0.4) is 0 Å². The molecule has 0 aromatic carbocycles. The molecule has 26 heavy (non-hydrogen) atoms. The van der Waals surface area contributed by atoms with Gasteiger partial charge in [-0.2, -0.15) is 0 Å².